The molecular formula is C10H6N4O2. The van der Waals surface area contributed by atoms with Crippen molar-refractivity contribution in [1.29, 1.82) is 5.26 Å². The van der Waals surface area contributed by atoms with Gasteiger partial charge in [-0.05, 0) is 18.2 Å². The second kappa shape index (κ2) is 3.82. The molecule has 0 atom stereocenters. The van der Waals surface area contributed by atoms with E-state index in [1.54, 1.807) is 0 Å². The van der Waals surface area contributed by atoms with E-state index >= 15 is 0 Å². The Hall–Kier alpha value is -2.68. The maximum atomic E-state index is 10.7. The number of carboxylic acids is 1. The summed E-state index contributed by atoms with van der Waals surface area (Å²) >= 11 is 0. The van der Waals surface area contributed by atoms with Crippen LogP contribution in [0.3, 0.4) is 0 Å². The predicted molar refractivity (Wildman–Crippen MR) is 53.0 cm³/mol. The lowest BCUT2D eigenvalue weighted by atomic mass is 10.1. The van der Waals surface area contributed by atoms with Gasteiger partial charge in [-0.1, -0.05) is 0 Å². The molecule has 6 nitrogen and oxygen atoms in total. The van der Waals surface area contributed by atoms with Gasteiger partial charge in [-0.15, -0.1) is 0 Å². The van der Waals surface area contributed by atoms with Crippen molar-refractivity contribution in [3.63, 3.8) is 0 Å². The second-order valence-corrected chi connectivity index (χ2v) is 2.99. The fraction of sp³-hybridized carbons (Fsp3) is 0. The van der Waals surface area contributed by atoms with E-state index in [1.807, 2.05) is 6.07 Å². The van der Waals surface area contributed by atoms with E-state index in [1.165, 1.54) is 35.5 Å². The fourth-order valence-electron chi connectivity index (χ4n) is 1.29. The van der Waals surface area contributed by atoms with Crippen LogP contribution in [0.2, 0.25) is 0 Å². The number of carbonyl (C=O) groups is 1. The van der Waals surface area contributed by atoms with Crippen LogP contribution in [0.1, 0.15) is 15.9 Å². The molecule has 2 aromatic rings. The number of rotatable bonds is 2. The van der Waals surface area contributed by atoms with E-state index in [0.29, 0.717) is 5.69 Å². The van der Waals surface area contributed by atoms with Gasteiger partial charge in [0, 0.05) is 0 Å². The number of carboxylic acid groups (broad SMARTS) is 1. The molecule has 0 saturated carbocycles. The van der Waals surface area contributed by atoms with Crippen LogP contribution in [0.15, 0.2) is 30.9 Å². The van der Waals surface area contributed by atoms with Crippen LogP contribution in [-0.4, -0.2) is 25.8 Å². The van der Waals surface area contributed by atoms with E-state index < -0.39 is 5.97 Å². The summed E-state index contributed by atoms with van der Waals surface area (Å²) in [5, 5.41) is 21.6. The second-order valence-electron chi connectivity index (χ2n) is 2.99. The minimum atomic E-state index is -1.07. The summed E-state index contributed by atoms with van der Waals surface area (Å²) in [6, 6.07) is 6.17. The molecule has 0 amide bonds. The van der Waals surface area contributed by atoms with Gasteiger partial charge in [-0.3, -0.25) is 0 Å². The number of benzene rings is 1. The molecule has 2 rings (SSSR count). The van der Waals surface area contributed by atoms with Crippen molar-refractivity contribution in [2.24, 2.45) is 0 Å². The zero-order valence-electron chi connectivity index (χ0n) is 8.03. The lowest BCUT2D eigenvalue weighted by molar-refractivity contribution is 0.0697. The predicted octanol–water partition coefficient (Wildman–Crippen LogP) is 0.837. The third-order valence-electron chi connectivity index (χ3n) is 2.03. The molecular weight excluding hydrogens is 208 g/mol. The van der Waals surface area contributed by atoms with Gasteiger partial charge in [0.1, 0.15) is 18.7 Å². The molecule has 0 fully saturated rings. The molecule has 0 aliphatic rings. The minimum absolute atomic E-state index is 0.0698. The molecule has 0 spiro atoms. The zero-order chi connectivity index (χ0) is 11.5. The summed E-state index contributed by atoms with van der Waals surface area (Å²) in [4.78, 5) is 14.5. The monoisotopic (exact) mass is 214 g/mol. The first-order chi connectivity index (χ1) is 7.72. The van der Waals surface area contributed by atoms with E-state index in [9.17, 15) is 4.79 Å². The Bertz CT molecular complexity index is 569. The Morgan fingerprint density at radius 2 is 2.31 bits per heavy atom. The first kappa shape index (κ1) is 9.86. The van der Waals surface area contributed by atoms with Crippen LogP contribution in [-0.2, 0) is 0 Å². The lowest BCUT2D eigenvalue weighted by Gasteiger charge is -2.03. The molecule has 0 radical (unpaired) electrons. The molecule has 1 heterocycles. The molecule has 0 unspecified atom stereocenters. The summed E-state index contributed by atoms with van der Waals surface area (Å²) in [5.41, 5.74) is 0.816. The van der Waals surface area contributed by atoms with Crippen molar-refractivity contribution in [3.8, 4) is 11.8 Å². The van der Waals surface area contributed by atoms with Gasteiger partial charge in [0.05, 0.1) is 16.8 Å². The number of aromatic carboxylic acids is 1. The summed E-state index contributed by atoms with van der Waals surface area (Å²) in [6.45, 7) is 0. The summed E-state index contributed by atoms with van der Waals surface area (Å²) < 4.78 is 1.41. The van der Waals surface area contributed by atoms with Crippen molar-refractivity contribution in [2.75, 3.05) is 0 Å². The highest BCUT2D eigenvalue weighted by Crippen LogP contribution is 2.14. The number of hydrogen-bond acceptors (Lipinski definition) is 4. The smallest absolute Gasteiger partial charge is 0.335 e. The van der Waals surface area contributed by atoms with Crippen LogP contribution in [0.25, 0.3) is 5.69 Å². The quantitative estimate of drug-likeness (QED) is 0.799. The lowest BCUT2D eigenvalue weighted by Crippen LogP contribution is -2.02. The van der Waals surface area contributed by atoms with Gasteiger partial charge in [-0.25, -0.2) is 14.5 Å². The average Bonchev–Trinajstić information content (AvgIpc) is 2.81. The third kappa shape index (κ3) is 1.62. The molecule has 1 N–H and O–H groups in total. The van der Waals surface area contributed by atoms with Crippen LogP contribution in [0, 0.1) is 11.3 Å². The van der Waals surface area contributed by atoms with Crippen LogP contribution < -0.4 is 0 Å². The van der Waals surface area contributed by atoms with Crippen LogP contribution in [0.5, 0.6) is 0 Å². The van der Waals surface area contributed by atoms with Gasteiger partial charge in [0.2, 0.25) is 0 Å². The standard InChI is InChI=1S/C10H6N4O2/c11-4-8-3-7(10(15)16)1-2-9(8)14-6-12-5-13-14/h1-3,5-6H,(H,15,16). The van der Waals surface area contributed by atoms with Crippen LogP contribution >= 0.6 is 0 Å². The Kier molecular flexibility index (Phi) is 2.36. The van der Waals surface area contributed by atoms with Crippen molar-refractivity contribution < 1.29 is 9.90 Å². The normalized spacial score (nSPS) is 9.69. The molecule has 0 aliphatic carbocycles. The first-order valence-corrected chi connectivity index (χ1v) is 4.35. The highest BCUT2D eigenvalue weighted by molar-refractivity contribution is 5.88. The Balaban J connectivity index is 2.57. The van der Waals surface area contributed by atoms with Crippen molar-refractivity contribution >= 4 is 5.97 Å². The average molecular weight is 214 g/mol. The summed E-state index contributed by atoms with van der Waals surface area (Å²) in [5.74, 6) is -1.07. The zero-order valence-corrected chi connectivity index (χ0v) is 8.03. The van der Waals surface area contributed by atoms with Crippen molar-refractivity contribution in [3.05, 3.63) is 42.0 Å². The number of nitrogens with zero attached hydrogens (tertiary/aromatic N) is 4. The Morgan fingerprint density at radius 3 is 2.88 bits per heavy atom. The molecule has 0 saturated heterocycles. The van der Waals surface area contributed by atoms with E-state index in [2.05, 4.69) is 10.1 Å². The maximum absolute atomic E-state index is 10.7. The topological polar surface area (TPSA) is 91.8 Å². The fourth-order valence-corrected chi connectivity index (χ4v) is 1.29. The maximum Gasteiger partial charge on any atom is 0.335 e. The van der Waals surface area contributed by atoms with Crippen molar-refractivity contribution in [2.45, 2.75) is 0 Å². The largest absolute Gasteiger partial charge is 0.478 e. The Labute approximate surface area is 90.4 Å². The van der Waals surface area contributed by atoms with E-state index in [4.69, 9.17) is 10.4 Å². The highest BCUT2D eigenvalue weighted by atomic mass is 16.4. The molecule has 0 aliphatic heterocycles. The third-order valence-corrected chi connectivity index (χ3v) is 2.03. The number of hydrogen-bond donors (Lipinski definition) is 1. The summed E-state index contributed by atoms with van der Waals surface area (Å²) in [6.07, 6.45) is 2.78. The SMILES string of the molecule is N#Cc1cc(C(=O)O)ccc1-n1cncn1. The first-order valence-electron chi connectivity index (χ1n) is 4.35. The Morgan fingerprint density at radius 1 is 1.50 bits per heavy atom. The minimum Gasteiger partial charge on any atom is -0.478 e. The van der Waals surface area contributed by atoms with Gasteiger partial charge in [0.15, 0.2) is 0 Å². The molecule has 1 aromatic heterocycles. The van der Waals surface area contributed by atoms with Gasteiger partial charge in [-0.2, -0.15) is 10.4 Å². The molecule has 0 bridgehead atoms. The summed E-state index contributed by atoms with van der Waals surface area (Å²) in [7, 11) is 0. The molecule has 6 heteroatoms. The van der Waals surface area contributed by atoms with Gasteiger partial charge in [0.25, 0.3) is 0 Å². The number of nitriles is 1. The highest BCUT2D eigenvalue weighted by Gasteiger charge is 2.09. The number of aromatic nitrogens is 3. The molecule has 78 valence electrons. The van der Waals surface area contributed by atoms with E-state index in [0.717, 1.165) is 0 Å². The van der Waals surface area contributed by atoms with Crippen molar-refractivity contribution in [1.82, 2.24) is 14.8 Å². The van der Waals surface area contributed by atoms with E-state index in [-0.39, 0.29) is 11.1 Å². The molecule has 16 heavy (non-hydrogen) atoms. The van der Waals surface area contributed by atoms with Gasteiger partial charge >= 0.3 is 5.97 Å². The van der Waals surface area contributed by atoms with Gasteiger partial charge < -0.3 is 5.11 Å². The molecule has 1 aromatic carbocycles. The van der Waals surface area contributed by atoms with Crippen LogP contribution in [0.4, 0.5) is 0 Å².